The number of benzene rings is 1. The molecule has 2 amide bonds. The van der Waals surface area contributed by atoms with Gasteiger partial charge in [-0.25, -0.2) is 4.98 Å². The maximum Gasteiger partial charge on any atom is 0.271 e. The quantitative estimate of drug-likeness (QED) is 0.373. The number of halogens is 1. The summed E-state index contributed by atoms with van der Waals surface area (Å²) in [6, 6.07) is 11.6. The van der Waals surface area contributed by atoms with Gasteiger partial charge in [0.2, 0.25) is 0 Å². The van der Waals surface area contributed by atoms with Crippen LogP contribution >= 0.6 is 22.9 Å². The highest BCUT2D eigenvalue weighted by Crippen LogP contribution is 2.22. The van der Waals surface area contributed by atoms with Crippen LogP contribution in [0.4, 0.5) is 0 Å². The molecule has 152 valence electrons. The van der Waals surface area contributed by atoms with Crippen molar-refractivity contribution in [1.29, 1.82) is 0 Å². The molecule has 1 aromatic carbocycles. The fourth-order valence-corrected chi connectivity index (χ4v) is 4.28. The van der Waals surface area contributed by atoms with E-state index in [0.717, 1.165) is 22.0 Å². The second kappa shape index (κ2) is 8.17. The second-order valence-corrected chi connectivity index (χ2v) is 7.81. The first-order valence-electron chi connectivity index (χ1n) is 9.09. The first-order valence-corrected chi connectivity index (χ1v) is 10.4. The zero-order valence-corrected chi connectivity index (χ0v) is 17.8. The van der Waals surface area contributed by atoms with Crippen molar-refractivity contribution in [3.8, 4) is 5.69 Å². The third-order valence-electron chi connectivity index (χ3n) is 4.64. The summed E-state index contributed by atoms with van der Waals surface area (Å²) in [5.74, 6) is -0.879. The molecule has 0 bridgehead atoms. The first kappa shape index (κ1) is 19.9. The lowest BCUT2D eigenvalue weighted by atomic mass is 10.2. The van der Waals surface area contributed by atoms with Crippen LogP contribution in [0.5, 0.6) is 0 Å². The summed E-state index contributed by atoms with van der Waals surface area (Å²) in [6.45, 7) is 3.79. The number of aromatic nitrogens is 3. The molecule has 3 aromatic heterocycles. The number of carbonyl (C=O) groups is 2. The number of rotatable bonds is 4. The highest BCUT2D eigenvalue weighted by molar-refractivity contribution is 7.15. The van der Waals surface area contributed by atoms with Crippen molar-refractivity contribution >= 4 is 45.8 Å². The molecular formula is C21H18ClN5O2S. The van der Waals surface area contributed by atoms with Crippen molar-refractivity contribution in [3.63, 3.8) is 0 Å². The summed E-state index contributed by atoms with van der Waals surface area (Å²) in [5.41, 5.74) is 8.61. The van der Waals surface area contributed by atoms with Gasteiger partial charge < -0.3 is 4.57 Å². The van der Waals surface area contributed by atoms with Gasteiger partial charge in [0.1, 0.15) is 0 Å². The van der Waals surface area contributed by atoms with Gasteiger partial charge in [-0.05, 0) is 38.1 Å². The standard InChI is InChI=1S/C21H18ClN5O2S/c1-13-12-16(14(2)27(13)15-6-4-3-5-7-15)20(29)25-24-18(28)9-8-17-19(22)23-21-26(17)10-11-30-21/h3-12H,1-2H3,(H,24,28)(H,25,29)/b9-8+. The molecule has 9 heteroatoms. The molecule has 0 aliphatic heterocycles. The Morgan fingerprint density at radius 3 is 2.70 bits per heavy atom. The number of amides is 2. The molecule has 0 fully saturated rings. The van der Waals surface area contributed by atoms with Crippen LogP contribution in [-0.4, -0.2) is 25.8 Å². The molecule has 4 rings (SSSR count). The number of fused-ring (bicyclic) bond motifs is 1. The van der Waals surface area contributed by atoms with Crippen LogP contribution < -0.4 is 10.9 Å². The summed E-state index contributed by atoms with van der Waals surface area (Å²) in [5, 5.41) is 2.19. The molecule has 0 saturated carbocycles. The number of para-hydroxylation sites is 1. The van der Waals surface area contributed by atoms with Crippen LogP contribution in [-0.2, 0) is 4.79 Å². The second-order valence-electron chi connectivity index (χ2n) is 6.58. The third-order valence-corrected chi connectivity index (χ3v) is 5.67. The number of hydrazine groups is 1. The Morgan fingerprint density at radius 1 is 1.17 bits per heavy atom. The lowest BCUT2D eigenvalue weighted by molar-refractivity contribution is -0.117. The van der Waals surface area contributed by atoms with Crippen LogP contribution in [0, 0.1) is 13.8 Å². The Balaban J connectivity index is 1.44. The predicted octanol–water partition coefficient (Wildman–Crippen LogP) is 3.93. The monoisotopic (exact) mass is 439 g/mol. The zero-order chi connectivity index (χ0) is 21.3. The number of nitrogens with one attached hydrogen (secondary N) is 2. The molecule has 0 aliphatic carbocycles. The van der Waals surface area contributed by atoms with E-state index in [9.17, 15) is 9.59 Å². The van der Waals surface area contributed by atoms with Crippen molar-refractivity contribution in [2.45, 2.75) is 13.8 Å². The summed E-state index contributed by atoms with van der Waals surface area (Å²) in [7, 11) is 0. The molecule has 7 nitrogen and oxygen atoms in total. The number of carbonyl (C=O) groups excluding carboxylic acids is 2. The molecule has 0 spiro atoms. The molecular weight excluding hydrogens is 422 g/mol. The van der Waals surface area contributed by atoms with Crippen molar-refractivity contribution in [1.82, 2.24) is 24.8 Å². The normalized spacial score (nSPS) is 11.3. The minimum atomic E-state index is -0.485. The van der Waals surface area contributed by atoms with E-state index in [2.05, 4.69) is 15.8 Å². The lowest BCUT2D eigenvalue weighted by Gasteiger charge is -2.10. The van der Waals surface area contributed by atoms with Crippen LogP contribution in [0.2, 0.25) is 5.15 Å². The molecule has 0 atom stereocenters. The van der Waals surface area contributed by atoms with E-state index < -0.39 is 11.8 Å². The first-order chi connectivity index (χ1) is 14.5. The summed E-state index contributed by atoms with van der Waals surface area (Å²) < 4.78 is 3.78. The molecule has 4 aromatic rings. The van der Waals surface area contributed by atoms with E-state index in [1.165, 1.54) is 17.4 Å². The molecule has 2 N–H and O–H groups in total. The maximum atomic E-state index is 12.6. The third kappa shape index (κ3) is 3.74. The van der Waals surface area contributed by atoms with Gasteiger partial charge in [0.25, 0.3) is 11.8 Å². The van der Waals surface area contributed by atoms with E-state index in [1.807, 2.05) is 60.3 Å². The number of hydrogen-bond acceptors (Lipinski definition) is 4. The maximum absolute atomic E-state index is 12.6. The van der Waals surface area contributed by atoms with Crippen LogP contribution in [0.3, 0.4) is 0 Å². The van der Waals surface area contributed by atoms with Gasteiger partial charge in [-0.15, -0.1) is 11.3 Å². The fourth-order valence-electron chi connectivity index (χ4n) is 3.28. The van der Waals surface area contributed by atoms with Crippen molar-refractivity contribution in [3.05, 3.63) is 81.8 Å². The number of nitrogens with zero attached hydrogens (tertiary/aromatic N) is 3. The summed E-state index contributed by atoms with van der Waals surface area (Å²) in [4.78, 5) is 29.7. The van der Waals surface area contributed by atoms with Gasteiger partial charge in [-0.3, -0.25) is 24.8 Å². The van der Waals surface area contributed by atoms with E-state index in [-0.39, 0.29) is 0 Å². The number of imidazole rings is 1. The van der Waals surface area contributed by atoms with Crippen LogP contribution in [0.25, 0.3) is 16.7 Å². The average molecular weight is 440 g/mol. The van der Waals surface area contributed by atoms with E-state index in [0.29, 0.717) is 16.4 Å². The zero-order valence-electron chi connectivity index (χ0n) is 16.2. The molecule has 0 radical (unpaired) electrons. The van der Waals surface area contributed by atoms with Gasteiger partial charge in [-0.2, -0.15) is 0 Å². The average Bonchev–Trinajstić information content (AvgIpc) is 3.38. The molecule has 3 heterocycles. The highest BCUT2D eigenvalue weighted by atomic mass is 35.5. The number of aryl methyl sites for hydroxylation is 1. The van der Waals surface area contributed by atoms with Crippen LogP contribution in [0.1, 0.15) is 27.4 Å². The Labute approximate surface area is 181 Å². The summed E-state index contributed by atoms with van der Waals surface area (Å²) >= 11 is 7.55. The fraction of sp³-hybridized carbons (Fsp3) is 0.0952. The highest BCUT2D eigenvalue weighted by Gasteiger charge is 2.17. The Hall–Kier alpha value is -3.36. The lowest BCUT2D eigenvalue weighted by Crippen LogP contribution is -2.40. The molecule has 0 unspecified atom stereocenters. The molecule has 0 aliphatic rings. The largest absolute Gasteiger partial charge is 0.318 e. The predicted molar refractivity (Wildman–Crippen MR) is 118 cm³/mol. The number of hydrogen-bond donors (Lipinski definition) is 2. The Morgan fingerprint density at radius 2 is 1.93 bits per heavy atom. The van der Waals surface area contributed by atoms with Gasteiger partial charge in [0.15, 0.2) is 10.1 Å². The topological polar surface area (TPSA) is 80.4 Å². The number of thiazole rings is 1. The Kier molecular flexibility index (Phi) is 5.43. The Bertz CT molecular complexity index is 1270. The smallest absolute Gasteiger partial charge is 0.271 e. The van der Waals surface area contributed by atoms with E-state index >= 15 is 0 Å². The molecule has 30 heavy (non-hydrogen) atoms. The minimum absolute atomic E-state index is 0.309. The van der Waals surface area contributed by atoms with E-state index in [1.54, 1.807) is 16.5 Å². The van der Waals surface area contributed by atoms with Crippen molar-refractivity contribution in [2.75, 3.05) is 0 Å². The summed E-state index contributed by atoms with van der Waals surface area (Å²) in [6.07, 6.45) is 4.67. The SMILES string of the molecule is Cc1cc(C(=O)NNC(=O)/C=C/c2c(Cl)nc3sccn23)c(C)n1-c1ccccc1. The molecule has 0 saturated heterocycles. The van der Waals surface area contributed by atoms with Gasteiger partial charge in [-0.1, -0.05) is 29.8 Å². The van der Waals surface area contributed by atoms with E-state index in [4.69, 9.17) is 11.6 Å². The van der Waals surface area contributed by atoms with Gasteiger partial charge in [0, 0.05) is 34.7 Å². The van der Waals surface area contributed by atoms with Crippen LogP contribution in [0.15, 0.2) is 54.1 Å². The van der Waals surface area contributed by atoms with Crippen molar-refractivity contribution in [2.24, 2.45) is 0 Å². The van der Waals surface area contributed by atoms with Gasteiger partial charge >= 0.3 is 0 Å². The van der Waals surface area contributed by atoms with Gasteiger partial charge in [0.05, 0.1) is 11.3 Å². The minimum Gasteiger partial charge on any atom is -0.318 e. The van der Waals surface area contributed by atoms with Crippen molar-refractivity contribution < 1.29 is 9.59 Å².